The van der Waals surface area contributed by atoms with Crippen LogP contribution in [0.2, 0.25) is 0 Å². The number of amides is 1. The first-order valence-corrected chi connectivity index (χ1v) is 10.6. The molecule has 0 spiro atoms. The maximum Gasteiger partial charge on any atom is 0.267 e. The van der Waals surface area contributed by atoms with E-state index >= 15 is 0 Å². The van der Waals surface area contributed by atoms with E-state index in [1.54, 1.807) is 36.6 Å². The predicted octanol–water partition coefficient (Wildman–Crippen LogP) is 3.87. The van der Waals surface area contributed by atoms with Crippen molar-refractivity contribution in [1.82, 2.24) is 5.16 Å². The second kappa shape index (κ2) is 7.71. The summed E-state index contributed by atoms with van der Waals surface area (Å²) >= 11 is 4.30. The van der Waals surface area contributed by atoms with Gasteiger partial charge in [0, 0.05) is 5.56 Å². The van der Waals surface area contributed by atoms with E-state index < -0.39 is 15.9 Å². The third kappa shape index (κ3) is 4.15. The SMILES string of the molecule is COc1cccc(C(=O)Nc2sccc2S(=O)(=O)Nc2onc(C)c2Br)c1. The molecule has 2 N–H and O–H groups in total. The van der Waals surface area contributed by atoms with E-state index in [0.717, 1.165) is 11.3 Å². The summed E-state index contributed by atoms with van der Waals surface area (Å²) in [6.07, 6.45) is 0. The minimum atomic E-state index is -3.99. The monoisotopic (exact) mass is 471 g/mol. The Bertz CT molecular complexity index is 1090. The van der Waals surface area contributed by atoms with Gasteiger partial charge in [0.15, 0.2) is 0 Å². The molecule has 2 heterocycles. The molecule has 2 aromatic heterocycles. The molecule has 0 atom stereocenters. The van der Waals surface area contributed by atoms with Crippen molar-refractivity contribution in [3.63, 3.8) is 0 Å². The average molecular weight is 472 g/mol. The Morgan fingerprint density at radius 3 is 2.78 bits per heavy atom. The Balaban J connectivity index is 1.84. The number of aromatic nitrogens is 1. The Morgan fingerprint density at radius 1 is 1.33 bits per heavy atom. The first-order chi connectivity index (χ1) is 12.8. The van der Waals surface area contributed by atoms with Gasteiger partial charge in [-0.05, 0) is 52.5 Å². The van der Waals surface area contributed by atoms with Crippen LogP contribution in [0.25, 0.3) is 0 Å². The number of anilines is 2. The highest BCUT2D eigenvalue weighted by Crippen LogP contribution is 2.32. The van der Waals surface area contributed by atoms with E-state index in [0.29, 0.717) is 21.5 Å². The highest BCUT2D eigenvalue weighted by molar-refractivity contribution is 9.10. The van der Waals surface area contributed by atoms with Crippen LogP contribution in [-0.2, 0) is 10.0 Å². The van der Waals surface area contributed by atoms with Gasteiger partial charge in [-0.1, -0.05) is 11.2 Å². The molecule has 0 radical (unpaired) electrons. The smallest absolute Gasteiger partial charge is 0.267 e. The van der Waals surface area contributed by atoms with Crippen LogP contribution < -0.4 is 14.8 Å². The van der Waals surface area contributed by atoms with Gasteiger partial charge in [-0.25, -0.2) is 13.1 Å². The Hall–Kier alpha value is -2.37. The van der Waals surface area contributed by atoms with E-state index in [2.05, 4.69) is 31.1 Å². The van der Waals surface area contributed by atoms with Crippen molar-refractivity contribution < 1.29 is 22.5 Å². The molecule has 0 aliphatic carbocycles. The molecule has 0 unspecified atom stereocenters. The average Bonchev–Trinajstić information content (AvgIpc) is 3.24. The van der Waals surface area contributed by atoms with Crippen LogP contribution in [0.5, 0.6) is 5.75 Å². The van der Waals surface area contributed by atoms with Crippen molar-refractivity contribution >= 4 is 54.1 Å². The molecule has 0 saturated carbocycles. The summed E-state index contributed by atoms with van der Waals surface area (Å²) in [7, 11) is -2.50. The van der Waals surface area contributed by atoms with Crippen molar-refractivity contribution in [2.45, 2.75) is 11.8 Å². The van der Waals surface area contributed by atoms with Crippen molar-refractivity contribution in [1.29, 1.82) is 0 Å². The third-order valence-corrected chi connectivity index (χ3v) is 6.76. The molecular formula is C16H14BrN3O5S2. The number of hydrogen-bond acceptors (Lipinski definition) is 7. The summed E-state index contributed by atoms with van der Waals surface area (Å²) in [6.45, 7) is 1.66. The quantitative estimate of drug-likeness (QED) is 0.564. The van der Waals surface area contributed by atoms with Gasteiger partial charge in [0.05, 0.1) is 12.8 Å². The first kappa shape index (κ1) is 19.4. The summed E-state index contributed by atoms with van der Waals surface area (Å²) in [5.41, 5.74) is 0.845. The Labute approximate surface area is 167 Å². The molecular weight excluding hydrogens is 458 g/mol. The van der Waals surface area contributed by atoms with Crippen LogP contribution in [-0.4, -0.2) is 26.6 Å². The van der Waals surface area contributed by atoms with Crippen molar-refractivity contribution in [2.75, 3.05) is 17.1 Å². The van der Waals surface area contributed by atoms with Gasteiger partial charge in [-0.3, -0.25) is 4.79 Å². The number of methoxy groups -OCH3 is 1. The minimum absolute atomic E-state index is 0.0382. The van der Waals surface area contributed by atoms with Crippen molar-refractivity contribution in [2.24, 2.45) is 0 Å². The second-order valence-electron chi connectivity index (χ2n) is 5.32. The standard InChI is InChI=1S/C16H14BrN3O5S2/c1-9-13(17)15(25-19-9)20-27(22,23)12-6-7-26-16(12)18-14(21)10-4-3-5-11(8-10)24-2/h3-8,20H,1-2H3,(H,18,21). The lowest BCUT2D eigenvalue weighted by Crippen LogP contribution is -2.17. The molecule has 27 heavy (non-hydrogen) atoms. The van der Waals surface area contributed by atoms with E-state index in [1.165, 1.54) is 13.2 Å². The molecule has 1 aromatic carbocycles. The van der Waals surface area contributed by atoms with Crippen LogP contribution in [0.1, 0.15) is 16.1 Å². The molecule has 0 bridgehead atoms. The van der Waals surface area contributed by atoms with Gasteiger partial charge in [0.1, 0.15) is 20.1 Å². The molecule has 0 saturated heterocycles. The van der Waals surface area contributed by atoms with Crippen molar-refractivity contribution in [3.05, 3.63) is 51.4 Å². The number of thiophene rings is 1. The van der Waals surface area contributed by atoms with Crippen LogP contribution in [0.4, 0.5) is 10.9 Å². The van der Waals surface area contributed by atoms with Gasteiger partial charge in [-0.2, -0.15) is 0 Å². The lowest BCUT2D eigenvalue weighted by Gasteiger charge is -2.09. The van der Waals surface area contributed by atoms with Gasteiger partial charge in [-0.15, -0.1) is 11.3 Å². The summed E-state index contributed by atoms with van der Waals surface area (Å²) in [6, 6.07) is 7.94. The maximum absolute atomic E-state index is 12.7. The Morgan fingerprint density at radius 2 is 2.11 bits per heavy atom. The summed E-state index contributed by atoms with van der Waals surface area (Å²) in [5.74, 6) is 0.0298. The predicted molar refractivity (Wildman–Crippen MR) is 105 cm³/mol. The van der Waals surface area contributed by atoms with Gasteiger partial charge in [0.2, 0.25) is 0 Å². The highest BCUT2D eigenvalue weighted by Gasteiger charge is 2.25. The second-order valence-corrected chi connectivity index (χ2v) is 8.68. The number of carbonyl (C=O) groups excluding carboxylic acids is 1. The lowest BCUT2D eigenvalue weighted by molar-refractivity contribution is 0.102. The zero-order valence-electron chi connectivity index (χ0n) is 14.1. The van der Waals surface area contributed by atoms with Gasteiger partial charge in [0.25, 0.3) is 21.8 Å². The topological polar surface area (TPSA) is 111 Å². The molecule has 11 heteroatoms. The molecule has 142 valence electrons. The minimum Gasteiger partial charge on any atom is -0.497 e. The maximum atomic E-state index is 12.7. The number of benzene rings is 1. The van der Waals surface area contributed by atoms with Crippen LogP contribution in [0.15, 0.2) is 49.6 Å². The number of ether oxygens (including phenoxy) is 1. The van der Waals surface area contributed by atoms with Crippen LogP contribution in [0, 0.1) is 6.92 Å². The van der Waals surface area contributed by atoms with Crippen molar-refractivity contribution in [3.8, 4) is 5.75 Å². The third-order valence-electron chi connectivity index (χ3n) is 3.50. The van der Waals surface area contributed by atoms with E-state index in [1.807, 2.05) is 0 Å². The number of rotatable bonds is 6. The molecule has 0 aliphatic heterocycles. The lowest BCUT2D eigenvalue weighted by atomic mass is 10.2. The molecule has 8 nitrogen and oxygen atoms in total. The van der Waals surface area contributed by atoms with E-state index in [9.17, 15) is 13.2 Å². The van der Waals surface area contributed by atoms with Crippen LogP contribution in [0.3, 0.4) is 0 Å². The fourth-order valence-electron chi connectivity index (χ4n) is 2.14. The fourth-order valence-corrected chi connectivity index (χ4v) is 4.79. The Kier molecular flexibility index (Phi) is 5.53. The molecule has 3 aromatic rings. The van der Waals surface area contributed by atoms with E-state index in [-0.39, 0.29) is 15.8 Å². The zero-order valence-corrected chi connectivity index (χ0v) is 17.4. The number of aryl methyl sites for hydroxylation is 1. The summed E-state index contributed by atoms with van der Waals surface area (Å²) in [4.78, 5) is 12.4. The molecule has 0 fully saturated rings. The van der Waals surface area contributed by atoms with Crippen LogP contribution >= 0.6 is 27.3 Å². The normalized spacial score (nSPS) is 11.2. The number of halogens is 1. The summed E-state index contributed by atoms with van der Waals surface area (Å²) < 4.78 is 38.1. The fraction of sp³-hybridized carbons (Fsp3) is 0.125. The number of nitrogens with zero attached hydrogens (tertiary/aromatic N) is 1. The highest BCUT2D eigenvalue weighted by atomic mass is 79.9. The zero-order chi connectivity index (χ0) is 19.6. The number of hydrogen-bond donors (Lipinski definition) is 2. The largest absolute Gasteiger partial charge is 0.497 e. The van der Waals surface area contributed by atoms with Gasteiger partial charge >= 0.3 is 0 Å². The number of sulfonamides is 1. The summed E-state index contributed by atoms with van der Waals surface area (Å²) in [5, 5.41) is 8.05. The molecule has 1 amide bonds. The molecule has 3 rings (SSSR count). The number of nitrogens with one attached hydrogen (secondary N) is 2. The van der Waals surface area contributed by atoms with E-state index in [4.69, 9.17) is 9.26 Å². The molecule has 0 aliphatic rings. The number of carbonyl (C=O) groups is 1. The first-order valence-electron chi connectivity index (χ1n) is 7.49. The van der Waals surface area contributed by atoms with Gasteiger partial charge < -0.3 is 14.6 Å².